The van der Waals surface area contributed by atoms with Crippen LogP contribution in [0.25, 0.3) is 0 Å². The molecule has 0 unspecified atom stereocenters. The third kappa shape index (κ3) is 7.49. The van der Waals surface area contributed by atoms with Gasteiger partial charge in [-0.15, -0.1) is 0 Å². The number of hydrogen-bond acceptors (Lipinski definition) is 0. The number of allylic oxidation sites excluding steroid dienone is 4. The molecule has 0 N–H and O–H groups in total. The zero-order valence-corrected chi connectivity index (χ0v) is 17.1. The van der Waals surface area contributed by atoms with Crippen molar-refractivity contribution in [1.29, 1.82) is 0 Å². The second-order valence-electron chi connectivity index (χ2n) is 6.37. The number of hydrogen-bond donors (Lipinski definition) is 0. The average molecular weight is 381 g/mol. The van der Waals surface area contributed by atoms with Crippen molar-refractivity contribution < 1.29 is 51.0 Å². The molecule has 2 rings (SSSR count). The Kier molecular flexibility index (Phi) is 12.9. The molecule has 0 saturated heterocycles. The van der Waals surface area contributed by atoms with E-state index in [1.807, 2.05) is 0 Å². The van der Waals surface area contributed by atoms with Crippen molar-refractivity contribution in [2.45, 2.75) is 67.2 Å². The van der Waals surface area contributed by atoms with Crippen LogP contribution in [0.1, 0.15) is 67.2 Å². The Morgan fingerprint density at radius 3 is 1.05 bits per heavy atom. The van der Waals surface area contributed by atoms with Gasteiger partial charge in [0.05, 0.1) is 0 Å². The van der Waals surface area contributed by atoms with Gasteiger partial charge in [0, 0.05) is 0 Å². The van der Waals surface area contributed by atoms with Crippen molar-refractivity contribution in [2.75, 3.05) is 0 Å². The Morgan fingerprint density at radius 1 is 0.737 bits per heavy atom. The molecule has 2 aliphatic rings. The minimum atomic E-state index is 0. The molecule has 0 amide bonds. The van der Waals surface area contributed by atoms with E-state index in [1.165, 1.54) is 36.8 Å². The predicted octanol–water partition coefficient (Wildman–Crippen LogP) is -0.883. The second-order valence-corrected chi connectivity index (χ2v) is 6.37. The Balaban J connectivity index is -0.000000233. The zero-order valence-electron chi connectivity index (χ0n) is 13.1. The Hall–Kier alpha value is 0.943. The molecule has 0 heterocycles. The van der Waals surface area contributed by atoms with E-state index in [0.717, 1.165) is 0 Å². The van der Waals surface area contributed by atoms with Crippen LogP contribution in [0.4, 0.5) is 0 Å². The molecule has 0 aromatic rings. The molecule has 0 radical (unpaired) electrons. The fraction of sp³-hybridized carbons (Fsp3) is 0.750. The molecule has 0 nitrogen and oxygen atoms in total. The maximum atomic E-state index is 3.33. The largest absolute Gasteiger partial charge is 4.00 e. The van der Waals surface area contributed by atoms with Gasteiger partial charge in [-0.1, -0.05) is 54.4 Å². The SMILES string of the molecule is CC1=[C-]CCC1(C)C.CC1=[C-]CCC1(C)C.[Cl-].[Cl-].[Zr+4]. The molecule has 0 spiro atoms. The van der Waals surface area contributed by atoms with Crippen molar-refractivity contribution in [3.8, 4) is 0 Å². The van der Waals surface area contributed by atoms with E-state index in [1.54, 1.807) is 0 Å². The van der Waals surface area contributed by atoms with Gasteiger partial charge in [-0.2, -0.15) is 12.8 Å². The standard InChI is InChI=1S/2C8H13.2ClH.Zr/c2*1-7-5-4-6-8(7,2)3;;;/h2*4,6H2,1-3H3;2*1H;/q2*-1;;;+4/p-2. The van der Waals surface area contributed by atoms with Crippen LogP contribution in [0.15, 0.2) is 11.1 Å². The van der Waals surface area contributed by atoms with E-state index in [9.17, 15) is 0 Å². The normalized spacial score (nSPS) is 21.6. The van der Waals surface area contributed by atoms with E-state index in [-0.39, 0.29) is 51.0 Å². The second kappa shape index (κ2) is 9.80. The monoisotopic (exact) mass is 378 g/mol. The zero-order chi connectivity index (χ0) is 12.4. The molecule has 0 fully saturated rings. The van der Waals surface area contributed by atoms with Crippen molar-refractivity contribution in [3.63, 3.8) is 0 Å². The third-order valence-electron chi connectivity index (χ3n) is 4.31. The Bertz CT molecular complexity index is 283. The molecular formula is C16H26Cl2Zr. The van der Waals surface area contributed by atoms with Gasteiger partial charge in [0.2, 0.25) is 0 Å². The minimum absolute atomic E-state index is 0. The fourth-order valence-electron chi connectivity index (χ4n) is 1.98. The van der Waals surface area contributed by atoms with Gasteiger partial charge in [-0.05, 0) is 10.8 Å². The molecule has 0 aromatic carbocycles. The summed E-state index contributed by atoms with van der Waals surface area (Å²) in [5, 5.41) is 0. The number of halogens is 2. The van der Waals surface area contributed by atoms with Crippen molar-refractivity contribution in [3.05, 3.63) is 23.3 Å². The maximum Gasteiger partial charge on any atom is 4.00 e. The van der Waals surface area contributed by atoms with E-state index in [0.29, 0.717) is 10.8 Å². The first-order chi connectivity index (χ1) is 7.26. The molecule has 108 valence electrons. The van der Waals surface area contributed by atoms with Gasteiger partial charge in [-0.25, -0.2) is 0 Å². The van der Waals surface area contributed by atoms with Crippen LogP contribution < -0.4 is 24.8 Å². The van der Waals surface area contributed by atoms with Crippen LogP contribution in [0, 0.1) is 23.0 Å². The van der Waals surface area contributed by atoms with Crippen LogP contribution in [-0.2, 0) is 26.2 Å². The topological polar surface area (TPSA) is 0 Å². The van der Waals surface area contributed by atoms with Gasteiger partial charge in [0.25, 0.3) is 0 Å². The number of rotatable bonds is 0. The fourth-order valence-corrected chi connectivity index (χ4v) is 1.98. The smallest absolute Gasteiger partial charge is 1.00 e. The van der Waals surface area contributed by atoms with E-state index >= 15 is 0 Å². The minimum Gasteiger partial charge on any atom is -1.00 e. The molecule has 2 aliphatic carbocycles. The van der Waals surface area contributed by atoms with Crippen molar-refractivity contribution in [1.82, 2.24) is 0 Å². The molecule has 0 atom stereocenters. The van der Waals surface area contributed by atoms with Crippen LogP contribution in [-0.4, -0.2) is 0 Å². The van der Waals surface area contributed by atoms with E-state index in [4.69, 9.17) is 0 Å². The quantitative estimate of drug-likeness (QED) is 0.479. The summed E-state index contributed by atoms with van der Waals surface area (Å²) in [7, 11) is 0. The van der Waals surface area contributed by atoms with Crippen LogP contribution in [0.3, 0.4) is 0 Å². The van der Waals surface area contributed by atoms with Crippen LogP contribution >= 0.6 is 0 Å². The molecule has 0 saturated carbocycles. The maximum absolute atomic E-state index is 3.33. The summed E-state index contributed by atoms with van der Waals surface area (Å²) in [4.78, 5) is 0. The first-order valence-electron chi connectivity index (χ1n) is 6.41. The van der Waals surface area contributed by atoms with Gasteiger partial charge >= 0.3 is 26.2 Å². The van der Waals surface area contributed by atoms with Gasteiger partial charge < -0.3 is 37.0 Å². The van der Waals surface area contributed by atoms with Gasteiger partial charge in [-0.3, -0.25) is 11.1 Å². The summed E-state index contributed by atoms with van der Waals surface area (Å²) in [6, 6.07) is 0. The molecule has 0 aliphatic heterocycles. The third-order valence-corrected chi connectivity index (χ3v) is 4.31. The van der Waals surface area contributed by atoms with Crippen molar-refractivity contribution >= 4 is 0 Å². The molecular weight excluding hydrogens is 354 g/mol. The summed E-state index contributed by atoms with van der Waals surface area (Å²) in [6.07, 6.45) is 11.6. The first-order valence-corrected chi connectivity index (χ1v) is 6.41. The van der Waals surface area contributed by atoms with Gasteiger partial charge in [0.1, 0.15) is 0 Å². The molecule has 0 aromatic heterocycles. The summed E-state index contributed by atoms with van der Waals surface area (Å²) in [5.41, 5.74) is 3.80. The Morgan fingerprint density at radius 2 is 1.00 bits per heavy atom. The van der Waals surface area contributed by atoms with E-state index in [2.05, 4.69) is 53.7 Å². The Labute approximate surface area is 151 Å². The summed E-state index contributed by atoms with van der Waals surface area (Å²) < 4.78 is 0. The summed E-state index contributed by atoms with van der Waals surface area (Å²) in [6.45, 7) is 13.5. The molecule has 19 heavy (non-hydrogen) atoms. The predicted molar refractivity (Wildman–Crippen MR) is 70.9 cm³/mol. The van der Waals surface area contributed by atoms with Gasteiger partial charge in [0.15, 0.2) is 0 Å². The molecule has 3 heteroatoms. The van der Waals surface area contributed by atoms with Crippen LogP contribution in [0.5, 0.6) is 0 Å². The summed E-state index contributed by atoms with van der Waals surface area (Å²) >= 11 is 0. The van der Waals surface area contributed by atoms with Crippen molar-refractivity contribution in [2.24, 2.45) is 10.8 Å². The van der Waals surface area contributed by atoms with E-state index < -0.39 is 0 Å². The first kappa shape index (κ1) is 24.9. The average Bonchev–Trinajstić information content (AvgIpc) is 2.60. The molecule has 0 bridgehead atoms. The van der Waals surface area contributed by atoms with Crippen LogP contribution in [0.2, 0.25) is 0 Å². The summed E-state index contributed by atoms with van der Waals surface area (Å²) in [5.74, 6) is 0.